The average Bonchev–Trinajstić information content (AvgIpc) is 2.99. The van der Waals surface area contributed by atoms with Gasteiger partial charge in [0, 0.05) is 72.6 Å². The number of hydrogen-bond acceptors (Lipinski definition) is 9. The zero-order chi connectivity index (χ0) is 28.0. The second kappa shape index (κ2) is 16.8. The number of ether oxygens (including phenoxy) is 6. The van der Waals surface area contributed by atoms with Crippen LogP contribution < -0.4 is 19.7 Å². The van der Waals surface area contributed by atoms with E-state index in [0.29, 0.717) is 39.5 Å². The van der Waals surface area contributed by atoms with Crippen molar-refractivity contribution in [1.82, 2.24) is 5.32 Å². The maximum Gasteiger partial charge on any atom is 0.142 e. The number of rotatable bonds is 17. The van der Waals surface area contributed by atoms with Gasteiger partial charge in [0.25, 0.3) is 0 Å². The molecule has 3 atom stereocenters. The van der Waals surface area contributed by atoms with Gasteiger partial charge in [-0.3, -0.25) is 0 Å². The first-order valence-electron chi connectivity index (χ1n) is 14.5. The predicted molar refractivity (Wildman–Crippen MR) is 155 cm³/mol. The van der Waals surface area contributed by atoms with Gasteiger partial charge in [0.15, 0.2) is 0 Å². The van der Waals surface area contributed by atoms with E-state index in [-0.39, 0.29) is 24.7 Å². The van der Waals surface area contributed by atoms with Crippen LogP contribution in [-0.2, 0) is 25.6 Å². The number of benzene rings is 2. The van der Waals surface area contributed by atoms with Crippen LogP contribution in [0.2, 0.25) is 0 Å². The molecule has 2 aliphatic rings. The molecule has 2 heterocycles. The normalized spacial score (nSPS) is 20.7. The third kappa shape index (κ3) is 8.80. The molecule has 2 N–H and O–H groups in total. The second-order valence-corrected chi connectivity index (χ2v) is 10.3. The first-order valence-corrected chi connectivity index (χ1v) is 14.5. The summed E-state index contributed by atoms with van der Waals surface area (Å²) in [6.07, 6.45) is 2.29. The summed E-state index contributed by atoms with van der Waals surface area (Å²) in [6.45, 7) is 7.13. The quantitative estimate of drug-likeness (QED) is 0.284. The largest absolute Gasteiger partial charge is 0.494 e. The Hall–Kier alpha value is -2.40. The van der Waals surface area contributed by atoms with Crippen LogP contribution in [-0.4, -0.2) is 97.4 Å². The van der Waals surface area contributed by atoms with Gasteiger partial charge in [-0.1, -0.05) is 18.2 Å². The summed E-state index contributed by atoms with van der Waals surface area (Å²) >= 11 is 0. The molecule has 0 bridgehead atoms. The molecule has 9 heteroatoms. The van der Waals surface area contributed by atoms with Crippen molar-refractivity contribution >= 4 is 5.69 Å². The first-order chi connectivity index (χ1) is 19.7. The van der Waals surface area contributed by atoms with Crippen LogP contribution in [0.1, 0.15) is 36.3 Å². The average molecular weight is 559 g/mol. The van der Waals surface area contributed by atoms with E-state index in [4.69, 9.17) is 28.4 Å². The summed E-state index contributed by atoms with van der Waals surface area (Å²) in [5, 5.41) is 12.8. The smallest absolute Gasteiger partial charge is 0.142 e. The molecule has 0 radical (unpaired) electrons. The molecule has 0 amide bonds. The SMILES string of the molecule is COCCCOc1ccc([C@@H]2[C@@H](OCc3ccc4c(c3)N(CCCOC)CCO4)CNC[C@H]2OCCCO)cc1. The molecule has 2 aliphatic heterocycles. The lowest BCUT2D eigenvalue weighted by molar-refractivity contribution is -0.0616. The van der Waals surface area contributed by atoms with Gasteiger partial charge in [-0.25, -0.2) is 0 Å². The van der Waals surface area contributed by atoms with E-state index in [2.05, 4.69) is 40.5 Å². The second-order valence-electron chi connectivity index (χ2n) is 10.3. The molecular formula is C31H46N2O7. The lowest BCUT2D eigenvalue weighted by atomic mass is 9.85. The highest BCUT2D eigenvalue weighted by atomic mass is 16.5. The number of piperidine rings is 1. The van der Waals surface area contributed by atoms with E-state index < -0.39 is 0 Å². The van der Waals surface area contributed by atoms with Crippen molar-refractivity contribution in [3.63, 3.8) is 0 Å². The van der Waals surface area contributed by atoms with Gasteiger partial charge >= 0.3 is 0 Å². The van der Waals surface area contributed by atoms with Crippen molar-refractivity contribution in [3.05, 3.63) is 53.6 Å². The molecule has 0 saturated carbocycles. The lowest BCUT2D eigenvalue weighted by Crippen LogP contribution is -2.50. The van der Waals surface area contributed by atoms with Gasteiger partial charge in [-0.05, 0) is 48.2 Å². The maximum atomic E-state index is 9.28. The van der Waals surface area contributed by atoms with Crippen molar-refractivity contribution in [3.8, 4) is 11.5 Å². The van der Waals surface area contributed by atoms with Crippen molar-refractivity contribution < 1.29 is 33.5 Å². The van der Waals surface area contributed by atoms with Gasteiger partial charge in [0.2, 0.25) is 0 Å². The molecular weight excluding hydrogens is 512 g/mol. The van der Waals surface area contributed by atoms with E-state index in [9.17, 15) is 5.11 Å². The van der Waals surface area contributed by atoms with Crippen molar-refractivity contribution in [2.24, 2.45) is 0 Å². The van der Waals surface area contributed by atoms with Crippen molar-refractivity contribution in [2.45, 2.75) is 44.0 Å². The molecule has 2 aromatic carbocycles. The van der Waals surface area contributed by atoms with Crippen molar-refractivity contribution in [2.75, 3.05) is 84.9 Å². The highest BCUT2D eigenvalue weighted by Gasteiger charge is 2.36. The van der Waals surface area contributed by atoms with E-state index in [1.807, 2.05) is 12.1 Å². The van der Waals surface area contributed by atoms with E-state index in [1.165, 1.54) is 0 Å². The molecule has 40 heavy (non-hydrogen) atoms. The fourth-order valence-electron chi connectivity index (χ4n) is 5.34. The Labute approximate surface area is 238 Å². The fraction of sp³-hybridized carbons (Fsp3) is 0.613. The monoisotopic (exact) mass is 558 g/mol. The number of nitrogens with zero attached hydrogens (tertiary/aromatic N) is 1. The Kier molecular flexibility index (Phi) is 12.8. The van der Waals surface area contributed by atoms with E-state index in [0.717, 1.165) is 73.9 Å². The number of anilines is 1. The van der Waals surface area contributed by atoms with Crippen LogP contribution in [0.4, 0.5) is 5.69 Å². The molecule has 222 valence electrons. The van der Waals surface area contributed by atoms with Crippen LogP contribution in [0.25, 0.3) is 0 Å². The number of methoxy groups -OCH3 is 2. The Morgan fingerprint density at radius 3 is 2.45 bits per heavy atom. The molecule has 0 unspecified atom stereocenters. The minimum absolute atomic E-state index is 0.0500. The third-order valence-corrected chi connectivity index (χ3v) is 7.38. The van der Waals surface area contributed by atoms with Gasteiger partial charge in [-0.2, -0.15) is 0 Å². The molecule has 1 saturated heterocycles. The highest BCUT2D eigenvalue weighted by molar-refractivity contribution is 5.61. The summed E-state index contributed by atoms with van der Waals surface area (Å²) in [5.41, 5.74) is 3.39. The Balaban J connectivity index is 1.44. The number of hydrogen-bond donors (Lipinski definition) is 2. The minimum atomic E-state index is -0.0774. The molecule has 0 aromatic heterocycles. The standard InChI is InChI=1S/C31H46N2O7/c1-35-15-3-12-33-13-19-39-28-11-6-24(20-27(28)33)23-40-30-22-32-21-29(38-17-4-14-34)31(30)25-7-9-26(10-8-25)37-18-5-16-36-2/h6-11,20,29-32,34H,3-5,12-19,21-23H2,1-2H3/t29-,30+,31+/m1/s1. The zero-order valence-electron chi connectivity index (χ0n) is 24.0. The molecule has 4 rings (SSSR count). The number of fused-ring (bicyclic) bond motifs is 1. The number of aliphatic hydroxyl groups excluding tert-OH is 1. The summed E-state index contributed by atoms with van der Waals surface area (Å²) in [4.78, 5) is 2.37. The van der Waals surface area contributed by atoms with Gasteiger partial charge in [-0.15, -0.1) is 0 Å². The van der Waals surface area contributed by atoms with Crippen molar-refractivity contribution in [1.29, 1.82) is 0 Å². The predicted octanol–water partition coefficient (Wildman–Crippen LogP) is 3.38. The van der Waals surface area contributed by atoms with Crippen LogP contribution >= 0.6 is 0 Å². The molecule has 1 fully saturated rings. The first kappa shape index (κ1) is 30.6. The van der Waals surface area contributed by atoms with Gasteiger partial charge in [0.05, 0.1) is 37.7 Å². The summed E-state index contributed by atoms with van der Waals surface area (Å²) in [6, 6.07) is 14.6. The topological polar surface area (TPSA) is 90.9 Å². The summed E-state index contributed by atoms with van der Waals surface area (Å²) < 4.78 is 35.0. The van der Waals surface area contributed by atoms with Gasteiger partial charge < -0.3 is 43.7 Å². The Morgan fingerprint density at radius 2 is 1.68 bits per heavy atom. The Morgan fingerprint density at radius 1 is 0.900 bits per heavy atom. The molecule has 9 nitrogen and oxygen atoms in total. The summed E-state index contributed by atoms with van der Waals surface area (Å²) in [7, 11) is 3.44. The highest BCUT2D eigenvalue weighted by Crippen LogP contribution is 2.35. The van der Waals surface area contributed by atoms with E-state index in [1.54, 1.807) is 14.2 Å². The summed E-state index contributed by atoms with van der Waals surface area (Å²) in [5.74, 6) is 1.82. The zero-order valence-corrected chi connectivity index (χ0v) is 24.0. The molecule has 2 aromatic rings. The molecule has 0 aliphatic carbocycles. The van der Waals surface area contributed by atoms with Crippen LogP contribution in [0.15, 0.2) is 42.5 Å². The Bertz CT molecular complexity index is 990. The van der Waals surface area contributed by atoms with Crippen LogP contribution in [0.5, 0.6) is 11.5 Å². The third-order valence-electron chi connectivity index (χ3n) is 7.38. The fourth-order valence-corrected chi connectivity index (χ4v) is 5.34. The van der Waals surface area contributed by atoms with Crippen LogP contribution in [0, 0.1) is 0 Å². The minimum Gasteiger partial charge on any atom is -0.494 e. The number of aliphatic hydroxyl groups is 1. The van der Waals surface area contributed by atoms with Gasteiger partial charge in [0.1, 0.15) is 18.1 Å². The van der Waals surface area contributed by atoms with Crippen LogP contribution in [0.3, 0.4) is 0 Å². The number of nitrogens with one attached hydrogen (secondary N) is 1. The molecule has 0 spiro atoms. The lowest BCUT2D eigenvalue weighted by Gasteiger charge is -2.39. The maximum absolute atomic E-state index is 9.28. The van der Waals surface area contributed by atoms with E-state index >= 15 is 0 Å².